The van der Waals surface area contributed by atoms with E-state index in [2.05, 4.69) is 13.8 Å². The fourth-order valence-electron chi connectivity index (χ4n) is 2.51. The van der Waals surface area contributed by atoms with Gasteiger partial charge >= 0.3 is 5.97 Å². The van der Waals surface area contributed by atoms with Crippen LogP contribution in [0.15, 0.2) is 24.3 Å². The summed E-state index contributed by atoms with van der Waals surface area (Å²) in [4.78, 5) is 0. The molecule has 4 rings (SSSR count). The van der Waals surface area contributed by atoms with Gasteiger partial charge in [0.05, 0.1) is 26.9 Å². The van der Waals surface area contributed by atoms with Gasteiger partial charge in [0, 0.05) is 11.0 Å². The minimum Gasteiger partial charge on any atom is -0.497 e. The predicted molar refractivity (Wildman–Crippen MR) is 69.8 cm³/mol. The van der Waals surface area contributed by atoms with Crippen LogP contribution in [0.25, 0.3) is 0 Å². The zero-order chi connectivity index (χ0) is 13.5. The number of hydrogen-bond acceptors (Lipinski definition) is 4. The van der Waals surface area contributed by atoms with E-state index >= 15 is 0 Å². The van der Waals surface area contributed by atoms with Crippen LogP contribution in [0.2, 0.25) is 0 Å². The summed E-state index contributed by atoms with van der Waals surface area (Å²) >= 11 is 0. The highest BCUT2D eigenvalue weighted by Gasteiger charge is 2.54. The van der Waals surface area contributed by atoms with Gasteiger partial charge in [-0.25, -0.2) is 0 Å². The molecule has 0 amide bonds. The van der Waals surface area contributed by atoms with Gasteiger partial charge in [-0.3, -0.25) is 0 Å². The van der Waals surface area contributed by atoms with Gasteiger partial charge in [-0.05, 0) is 30.2 Å². The molecule has 0 aromatic heterocycles. The van der Waals surface area contributed by atoms with E-state index in [0.717, 1.165) is 11.3 Å². The highest BCUT2D eigenvalue weighted by molar-refractivity contribution is 5.29. The lowest BCUT2D eigenvalue weighted by Crippen LogP contribution is -2.60. The molecule has 19 heavy (non-hydrogen) atoms. The van der Waals surface area contributed by atoms with Crippen molar-refractivity contribution < 1.29 is 18.9 Å². The summed E-state index contributed by atoms with van der Waals surface area (Å²) in [5, 5.41) is 0. The number of benzene rings is 1. The number of fused-ring (bicyclic) bond motifs is 3. The smallest absolute Gasteiger partial charge is 0.312 e. The second-order valence-corrected chi connectivity index (χ2v) is 5.67. The van der Waals surface area contributed by atoms with E-state index in [-0.39, 0.29) is 5.41 Å². The summed E-state index contributed by atoms with van der Waals surface area (Å²) in [5.74, 6) is 0.257. The third kappa shape index (κ3) is 1.95. The Morgan fingerprint density at radius 3 is 1.95 bits per heavy atom. The molecular formula is C15H20O4. The van der Waals surface area contributed by atoms with E-state index in [1.165, 1.54) is 0 Å². The van der Waals surface area contributed by atoms with Gasteiger partial charge in [0.15, 0.2) is 0 Å². The molecule has 0 N–H and O–H groups in total. The van der Waals surface area contributed by atoms with Crippen LogP contribution >= 0.6 is 0 Å². The summed E-state index contributed by atoms with van der Waals surface area (Å²) < 4.78 is 22.9. The van der Waals surface area contributed by atoms with Gasteiger partial charge in [-0.1, -0.05) is 13.8 Å². The van der Waals surface area contributed by atoms with Crippen LogP contribution in [0.3, 0.4) is 0 Å². The Kier molecular flexibility index (Phi) is 3.04. The molecule has 1 aromatic rings. The van der Waals surface area contributed by atoms with Crippen molar-refractivity contribution in [3.05, 3.63) is 29.8 Å². The molecule has 3 aliphatic rings. The topological polar surface area (TPSA) is 36.9 Å². The third-order valence-corrected chi connectivity index (χ3v) is 4.32. The molecule has 104 valence electrons. The van der Waals surface area contributed by atoms with Crippen molar-refractivity contribution in [3.63, 3.8) is 0 Å². The molecule has 4 heteroatoms. The first-order chi connectivity index (χ1) is 9.10. The van der Waals surface area contributed by atoms with Crippen molar-refractivity contribution in [2.45, 2.75) is 19.8 Å². The van der Waals surface area contributed by atoms with E-state index in [1.807, 2.05) is 24.3 Å². The zero-order valence-electron chi connectivity index (χ0n) is 11.6. The Labute approximate surface area is 113 Å². The van der Waals surface area contributed by atoms with Gasteiger partial charge < -0.3 is 18.9 Å². The standard InChI is InChI=1S/C15H20O4/c1-11(2)14-8-17-15(18-9-14,19-10-14)12-4-6-13(16-3)7-5-12/h4-7,11H,8-10H2,1-3H3. The highest BCUT2D eigenvalue weighted by Crippen LogP contribution is 2.47. The lowest BCUT2D eigenvalue weighted by molar-refractivity contribution is -0.484. The van der Waals surface area contributed by atoms with E-state index in [4.69, 9.17) is 18.9 Å². The second-order valence-electron chi connectivity index (χ2n) is 5.67. The lowest BCUT2D eigenvalue weighted by atomic mass is 9.77. The number of methoxy groups -OCH3 is 1. The van der Waals surface area contributed by atoms with Crippen molar-refractivity contribution in [3.8, 4) is 5.75 Å². The molecule has 3 saturated heterocycles. The average molecular weight is 264 g/mol. The first-order valence-electron chi connectivity index (χ1n) is 6.67. The summed E-state index contributed by atoms with van der Waals surface area (Å²) in [5.41, 5.74) is 0.874. The maximum absolute atomic E-state index is 5.90. The second kappa shape index (κ2) is 4.47. The first-order valence-corrected chi connectivity index (χ1v) is 6.67. The maximum Gasteiger partial charge on any atom is 0.312 e. The number of ether oxygens (including phenoxy) is 4. The normalized spacial score (nSPS) is 33.7. The first kappa shape index (κ1) is 12.9. The lowest BCUT2D eigenvalue weighted by Gasteiger charge is -2.53. The molecule has 0 unspecified atom stereocenters. The summed E-state index contributed by atoms with van der Waals surface area (Å²) in [7, 11) is 1.65. The molecule has 0 aliphatic carbocycles. The summed E-state index contributed by atoms with van der Waals surface area (Å²) in [6.07, 6.45) is 0. The van der Waals surface area contributed by atoms with Crippen LogP contribution in [0.5, 0.6) is 5.75 Å². The minimum absolute atomic E-state index is 0.00573. The van der Waals surface area contributed by atoms with E-state index < -0.39 is 5.97 Å². The molecule has 0 atom stereocenters. The average Bonchev–Trinajstić information content (AvgIpc) is 2.49. The Morgan fingerprint density at radius 1 is 1.00 bits per heavy atom. The van der Waals surface area contributed by atoms with Crippen molar-refractivity contribution in [1.29, 1.82) is 0 Å². The molecule has 0 spiro atoms. The monoisotopic (exact) mass is 264 g/mol. The molecule has 3 heterocycles. The van der Waals surface area contributed by atoms with Crippen LogP contribution in [-0.2, 0) is 20.2 Å². The fraction of sp³-hybridized carbons (Fsp3) is 0.600. The van der Waals surface area contributed by atoms with Gasteiger partial charge in [-0.15, -0.1) is 0 Å². The minimum atomic E-state index is -1.02. The number of rotatable bonds is 3. The quantitative estimate of drug-likeness (QED) is 0.840. The summed E-state index contributed by atoms with van der Waals surface area (Å²) in [6.45, 7) is 6.40. The molecule has 3 fully saturated rings. The molecule has 1 aromatic carbocycles. The Balaban J connectivity index is 1.83. The predicted octanol–water partition coefficient (Wildman–Crippen LogP) is 2.52. The third-order valence-electron chi connectivity index (χ3n) is 4.32. The molecular weight excluding hydrogens is 244 g/mol. The Hall–Kier alpha value is -1.10. The SMILES string of the molecule is COc1ccc(C23OCC(C(C)C)(CO2)CO3)cc1. The van der Waals surface area contributed by atoms with Gasteiger partial charge in [0.25, 0.3) is 0 Å². The van der Waals surface area contributed by atoms with Crippen LogP contribution in [0.1, 0.15) is 19.4 Å². The fourth-order valence-corrected chi connectivity index (χ4v) is 2.51. The van der Waals surface area contributed by atoms with Crippen molar-refractivity contribution in [1.82, 2.24) is 0 Å². The largest absolute Gasteiger partial charge is 0.497 e. The zero-order valence-corrected chi connectivity index (χ0v) is 11.6. The van der Waals surface area contributed by atoms with Gasteiger partial charge in [0.2, 0.25) is 0 Å². The van der Waals surface area contributed by atoms with Crippen LogP contribution < -0.4 is 4.74 Å². The molecule has 2 bridgehead atoms. The Bertz CT molecular complexity index is 427. The van der Waals surface area contributed by atoms with E-state index in [1.54, 1.807) is 7.11 Å². The highest BCUT2D eigenvalue weighted by atomic mass is 16.9. The molecule has 0 radical (unpaired) electrons. The van der Waals surface area contributed by atoms with Crippen LogP contribution in [-0.4, -0.2) is 26.9 Å². The molecule has 4 nitrogen and oxygen atoms in total. The van der Waals surface area contributed by atoms with E-state index in [9.17, 15) is 0 Å². The number of hydrogen-bond donors (Lipinski definition) is 0. The van der Waals surface area contributed by atoms with Gasteiger partial charge in [0.1, 0.15) is 5.75 Å². The maximum atomic E-state index is 5.90. The summed E-state index contributed by atoms with van der Waals surface area (Å²) in [6, 6.07) is 7.62. The van der Waals surface area contributed by atoms with Crippen LogP contribution in [0.4, 0.5) is 0 Å². The van der Waals surface area contributed by atoms with Crippen LogP contribution in [0, 0.1) is 11.3 Å². The molecule has 3 aliphatic heterocycles. The van der Waals surface area contributed by atoms with Gasteiger partial charge in [-0.2, -0.15) is 0 Å². The van der Waals surface area contributed by atoms with E-state index in [0.29, 0.717) is 25.7 Å². The Morgan fingerprint density at radius 2 is 1.53 bits per heavy atom. The molecule has 0 saturated carbocycles. The van der Waals surface area contributed by atoms with Crippen molar-refractivity contribution in [2.75, 3.05) is 26.9 Å². The van der Waals surface area contributed by atoms with Crippen molar-refractivity contribution in [2.24, 2.45) is 11.3 Å². The van der Waals surface area contributed by atoms with Crippen molar-refractivity contribution >= 4 is 0 Å².